The minimum absolute atomic E-state index is 0.125. The van der Waals surface area contributed by atoms with Gasteiger partial charge < -0.3 is 20.2 Å². The molecule has 2 atom stereocenters. The fourth-order valence-electron chi connectivity index (χ4n) is 7.18. The predicted octanol–water partition coefficient (Wildman–Crippen LogP) is 3.70. The van der Waals surface area contributed by atoms with Crippen LogP contribution in [0.4, 0.5) is 20.4 Å². The molecule has 4 aliphatic rings. The van der Waals surface area contributed by atoms with Gasteiger partial charge in [-0.1, -0.05) is 35.9 Å². The van der Waals surface area contributed by atoms with Crippen molar-refractivity contribution in [2.45, 2.75) is 68.8 Å². The molecule has 1 unspecified atom stereocenters. The van der Waals surface area contributed by atoms with Crippen LogP contribution >= 0.6 is 11.6 Å². The molecule has 3 aromatic rings. The van der Waals surface area contributed by atoms with E-state index >= 15 is 8.78 Å². The van der Waals surface area contributed by atoms with Gasteiger partial charge in [-0.3, -0.25) is 24.6 Å². The largest absolute Gasteiger partial charge is 0.385 e. The molecular weight excluding hydrogens is 644 g/mol. The van der Waals surface area contributed by atoms with Gasteiger partial charge in [-0.25, -0.2) is 18.7 Å². The van der Waals surface area contributed by atoms with Crippen LogP contribution in [0.2, 0.25) is 5.02 Å². The summed E-state index contributed by atoms with van der Waals surface area (Å²) in [5.41, 5.74) is 2.78. The van der Waals surface area contributed by atoms with E-state index in [1.807, 2.05) is 30.3 Å². The van der Waals surface area contributed by atoms with E-state index < -0.39 is 36.1 Å². The Balaban J connectivity index is 0.924. The van der Waals surface area contributed by atoms with Crippen LogP contribution in [0.3, 0.4) is 0 Å². The van der Waals surface area contributed by atoms with Crippen molar-refractivity contribution in [3.05, 3.63) is 82.1 Å². The first-order chi connectivity index (χ1) is 23.0. The lowest BCUT2D eigenvalue weighted by Crippen LogP contribution is -2.54. The second-order valence-electron chi connectivity index (χ2n) is 13.1. The number of likely N-dealkylation sites (tertiary alicyclic amines) is 1. The first kappa shape index (κ1) is 32.4. The lowest BCUT2D eigenvalue weighted by Gasteiger charge is -2.40. The highest BCUT2D eigenvalue weighted by atomic mass is 35.5. The highest BCUT2D eigenvalue weighted by Gasteiger charge is 2.45. The van der Waals surface area contributed by atoms with E-state index in [1.54, 1.807) is 17.0 Å². The summed E-state index contributed by atoms with van der Waals surface area (Å²) >= 11 is 5.80. The monoisotopic (exact) mass is 679 g/mol. The number of amides is 3. The van der Waals surface area contributed by atoms with Crippen LogP contribution in [0.25, 0.3) is 0 Å². The number of imide groups is 1. The van der Waals surface area contributed by atoms with Gasteiger partial charge in [0.25, 0.3) is 11.8 Å². The molecule has 14 heteroatoms. The first-order valence-electron chi connectivity index (χ1n) is 16.2. The van der Waals surface area contributed by atoms with Crippen molar-refractivity contribution in [1.29, 1.82) is 0 Å². The van der Waals surface area contributed by atoms with Crippen LogP contribution < -0.4 is 15.5 Å². The minimum atomic E-state index is -2.99. The number of nitrogens with zero attached hydrogens (tertiary/aromatic N) is 5. The van der Waals surface area contributed by atoms with Gasteiger partial charge in [-0.05, 0) is 60.6 Å². The lowest BCUT2D eigenvalue weighted by molar-refractivity contribution is -0.136. The molecule has 1 aromatic heterocycles. The number of alkyl halides is 2. The minimum Gasteiger partial charge on any atom is -0.385 e. The lowest BCUT2D eigenvalue weighted by atomic mass is 9.83. The third-order valence-corrected chi connectivity index (χ3v) is 10.2. The zero-order chi connectivity index (χ0) is 33.6. The number of anilines is 2. The average molecular weight is 680 g/mol. The zero-order valence-electron chi connectivity index (χ0n) is 26.2. The molecule has 3 fully saturated rings. The zero-order valence-corrected chi connectivity index (χ0v) is 26.9. The molecule has 0 spiro atoms. The SMILES string of the molecule is O=C1CCC(N2Cc3cc(C4(O)CCN(Cc5ccc(N6CC[C@H](Nc7ncc(Cl)cn7)C(F)(F)C6)cc5)CC4)ccc3C2=O)C(=O)N1. The average Bonchev–Trinajstić information content (AvgIpc) is 3.39. The maximum atomic E-state index is 15.1. The molecule has 3 N–H and O–H groups in total. The second-order valence-corrected chi connectivity index (χ2v) is 13.6. The number of hydrogen-bond acceptors (Lipinski definition) is 9. The van der Waals surface area contributed by atoms with Gasteiger partial charge in [0.2, 0.25) is 17.8 Å². The summed E-state index contributed by atoms with van der Waals surface area (Å²) < 4.78 is 30.2. The van der Waals surface area contributed by atoms with Gasteiger partial charge in [0.05, 0.1) is 35.6 Å². The number of benzene rings is 2. The molecule has 0 saturated carbocycles. The van der Waals surface area contributed by atoms with Crippen molar-refractivity contribution in [2.75, 3.05) is 36.4 Å². The van der Waals surface area contributed by atoms with Crippen molar-refractivity contribution < 1.29 is 28.3 Å². The molecule has 0 radical (unpaired) electrons. The molecule has 0 aliphatic carbocycles. The van der Waals surface area contributed by atoms with Gasteiger partial charge in [0.15, 0.2) is 0 Å². The number of carbonyl (C=O) groups excluding carboxylic acids is 3. The molecule has 252 valence electrons. The van der Waals surface area contributed by atoms with Crippen molar-refractivity contribution in [1.82, 2.24) is 25.1 Å². The van der Waals surface area contributed by atoms with Gasteiger partial charge in [0.1, 0.15) is 6.04 Å². The second kappa shape index (κ2) is 12.7. The Morgan fingerprint density at radius 3 is 2.42 bits per heavy atom. The number of nitrogens with one attached hydrogen (secondary N) is 2. The Bertz CT molecular complexity index is 1720. The van der Waals surface area contributed by atoms with E-state index in [9.17, 15) is 19.5 Å². The highest BCUT2D eigenvalue weighted by Crippen LogP contribution is 2.37. The van der Waals surface area contributed by atoms with Crippen molar-refractivity contribution in [2.24, 2.45) is 0 Å². The van der Waals surface area contributed by atoms with Crippen LogP contribution in [0.1, 0.15) is 59.2 Å². The first-order valence-corrected chi connectivity index (χ1v) is 16.5. The highest BCUT2D eigenvalue weighted by molar-refractivity contribution is 6.30. The standard InChI is InChI=1S/C34H36ClF2N7O4/c35-24-16-38-32(39-17-24)40-28-9-12-43(20-34(28,36)37)25-4-1-21(2-5-25)18-42-13-10-33(48,11-14-42)23-3-6-26-22(15-23)19-44(31(26)47)27-7-8-29(45)41-30(27)46/h1-6,15-17,27-28,48H,7-14,18-20H2,(H,38,39,40)(H,41,45,46)/t27?,28-/m0/s1. The van der Waals surface area contributed by atoms with E-state index in [0.29, 0.717) is 56.0 Å². The third-order valence-electron chi connectivity index (χ3n) is 9.97. The predicted molar refractivity (Wildman–Crippen MR) is 174 cm³/mol. The van der Waals surface area contributed by atoms with Crippen LogP contribution in [-0.4, -0.2) is 86.8 Å². The summed E-state index contributed by atoms with van der Waals surface area (Å²) in [6.45, 7) is 2.27. The van der Waals surface area contributed by atoms with Crippen molar-refractivity contribution >= 4 is 41.0 Å². The Morgan fingerprint density at radius 2 is 1.73 bits per heavy atom. The van der Waals surface area contributed by atoms with Gasteiger partial charge >= 0.3 is 0 Å². The van der Waals surface area contributed by atoms with Crippen molar-refractivity contribution in [3.8, 4) is 0 Å². The summed E-state index contributed by atoms with van der Waals surface area (Å²) in [7, 11) is 0. The number of fused-ring (bicyclic) bond motifs is 1. The molecule has 2 aromatic carbocycles. The van der Waals surface area contributed by atoms with E-state index in [1.165, 1.54) is 17.3 Å². The molecule has 11 nitrogen and oxygen atoms in total. The van der Waals surface area contributed by atoms with Crippen molar-refractivity contribution in [3.63, 3.8) is 0 Å². The fraction of sp³-hybridized carbons (Fsp3) is 0.441. The van der Waals surface area contributed by atoms with Crippen LogP contribution in [0.5, 0.6) is 0 Å². The number of aliphatic hydroxyl groups is 1. The third kappa shape index (κ3) is 6.46. The topological polar surface area (TPSA) is 131 Å². The number of halogens is 3. The van der Waals surface area contributed by atoms with Gasteiger partial charge in [-0.2, -0.15) is 0 Å². The van der Waals surface area contributed by atoms with Gasteiger partial charge in [-0.15, -0.1) is 0 Å². The van der Waals surface area contributed by atoms with E-state index in [0.717, 1.165) is 22.4 Å². The Hall–Kier alpha value is -4.20. The van der Waals surface area contributed by atoms with Crippen LogP contribution in [0, 0.1) is 0 Å². The Morgan fingerprint density at radius 1 is 1.00 bits per heavy atom. The summed E-state index contributed by atoms with van der Waals surface area (Å²) in [4.78, 5) is 50.5. The molecule has 7 rings (SSSR count). The van der Waals surface area contributed by atoms with E-state index in [2.05, 4.69) is 25.5 Å². The number of aromatic nitrogens is 2. The Kier molecular flexibility index (Phi) is 8.55. The summed E-state index contributed by atoms with van der Waals surface area (Å²) in [6, 6.07) is 11.3. The summed E-state index contributed by atoms with van der Waals surface area (Å²) in [6.07, 6.45) is 4.47. The molecule has 3 amide bonds. The molecule has 0 bridgehead atoms. The maximum Gasteiger partial charge on any atom is 0.284 e. The number of carbonyl (C=O) groups is 3. The number of rotatable bonds is 7. The molecular formula is C34H36ClF2N7O4. The maximum absolute atomic E-state index is 15.1. The fourth-order valence-corrected chi connectivity index (χ4v) is 7.28. The number of hydrogen-bond donors (Lipinski definition) is 3. The van der Waals surface area contributed by atoms with Gasteiger partial charge in [0, 0.05) is 50.4 Å². The molecule has 4 aliphatic heterocycles. The van der Waals surface area contributed by atoms with E-state index in [4.69, 9.17) is 11.6 Å². The summed E-state index contributed by atoms with van der Waals surface area (Å²) in [5, 5.41) is 17.0. The normalized spacial score (nSPS) is 24.0. The Labute approximate surface area is 281 Å². The van der Waals surface area contributed by atoms with Crippen LogP contribution in [0.15, 0.2) is 54.9 Å². The molecule has 48 heavy (non-hydrogen) atoms. The number of piperidine rings is 3. The van der Waals surface area contributed by atoms with Crippen LogP contribution in [-0.2, 0) is 28.3 Å². The smallest absolute Gasteiger partial charge is 0.284 e. The van der Waals surface area contributed by atoms with E-state index in [-0.39, 0.29) is 37.1 Å². The molecule has 3 saturated heterocycles. The summed E-state index contributed by atoms with van der Waals surface area (Å²) in [5.74, 6) is -3.88. The molecule has 5 heterocycles. The quantitative estimate of drug-likeness (QED) is 0.320.